The highest BCUT2D eigenvalue weighted by atomic mass is 15.1. The van der Waals surface area contributed by atoms with Crippen LogP contribution in [0.25, 0.3) is 0 Å². The third-order valence-electron chi connectivity index (χ3n) is 4.05. The van der Waals surface area contributed by atoms with Crippen molar-refractivity contribution in [1.82, 2.24) is 14.9 Å². The molecule has 1 aromatic rings. The Bertz CT molecular complexity index is 446. The molecule has 1 fully saturated rings. The zero-order chi connectivity index (χ0) is 15.2. The Morgan fingerprint density at radius 1 is 1.29 bits per heavy atom. The maximum absolute atomic E-state index is 4.47. The molecule has 1 aliphatic rings. The monoisotopic (exact) mass is 291 g/mol. The zero-order valence-corrected chi connectivity index (χ0v) is 13.8. The van der Waals surface area contributed by atoms with Gasteiger partial charge in [0.25, 0.3) is 0 Å². The molecule has 0 aromatic carbocycles. The van der Waals surface area contributed by atoms with E-state index >= 15 is 0 Å². The minimum atomic E-state index is 0.402. The van der Waals surface area contributed by atoms with Gasteiger partial charge in [0.1, 0.15) is 18.0 Å². The van der Waals surface area contributed by atoms with Crippen molar-refractivity contribution < 1.29 is 0 Å². The first kappa shape index (κ1) is 16.0. The van der Waals surface area contributed by atoms with Crippen molar-refractivity contribution in [1.29, 1.82) is 0 Å². The van der Waals surface area contributed by atoms with Crippen molar-refractivity contribution in [3.05, 3.63) is 11.9 Å². The number of rotatable bonds is 7. The van der Waals surface area contributed by atoms with Crippen LogP contribution in [-0.4, -0.2) is 48.1 Å². The topological polar surface area (TPSA) is 53.1 Å². The first-order valence-electron chi connectivity index (χ1n) is 8.13. The second kappa shape index (κ2) is 7.59. The van der Waals surface area contributed by atoms with Crippen molar-refractivity contribution in [2.24, 2.45) is 5.92 Å². The molecule has 118 valence electrons. The minimum Gasteiger partial charge on any atom is -0.370 e. The van der Waals surface area contributed by atoms with Gasteiger partial charge in [-0.25, -0.2) is 9.97 Å². The Labute approximate surface area is 128 Å². The highest BCUT2D eigenvalue weighted by molar-refractivity contribution is 5.59. The number of hydrogen-bond donors (Lipinski definition) is 2. The Balaban J connectivity index is 2.06. The molecule has 0 saturated carbocycles. The molecule has 1 unspecified atom stereocenters. The number of likely N-dealkylation sites (tertiary alicyclic amines) is 1. The molecule has 21 heavy (non-hydrogen) atoms. The van der Waals surface area contributed by atoms with Gasteiger partial charge in [0, 0.05) is 25.2 Å². The second-order valence-corrected chi connectivity index (χ2v) is 6.36. The summed E-state index contributed by atoms with van der Waals surface area (Å²) in [6.07, 6.45) is 4.03. The summed E-state index contributed by atoms with van der Waals surface area (Å²) in [6, 6.07) is 0. The van der Waals surface area contributed by atoms with Gasteiger partial charge in [-0.2, -0.15) is 0 Å². The number of aromatic nitrogens is 2. The Morgan fingerprint density at radius 3 is 2.57 bits per heavy atom. The molecule has 0 amide bonds. The van der Waals surface area contributed by atoms with E-state index in [9.17, 15) is 0 Å². The third-order valence-corrected chi connectivity index (χ3v) is 4.05. The van der Waals surface area contributed by atoms with Gasteiger partial charge in [-0.3, -0.25) is 0 Å². The standard InChI is InChI=1S/C16H29N5/c1-5-7-17-15-14(12(2)3)16(20-11-19-15)18-9-13-6-8-21(4)10-13/h11-13H,5-10H2,1-4H3,(H2,17,18,19,20). The van der Waals surface area contributed by atoms with Gasteiger partial charge in [0.15, 0.2) is 0 Å². The Kier molecular flexibility index (Phi) is 5.79. The molecule has 0 spiro atoms. The molecule has 1 atom stereocenters. The van der Waals surface area contributed by atoms with Crippen LogP contribution in [0.2, 0.25) is 0 Å². The summed E-state index contributed by atoms with van der Waals surface area (Å²) in [5.41, 5.74) is 1.21. The zero-order valence-electron chi connectivity index (χ0n) is 13.8. The molecule has 0 aliphatic carbocycles. The first-order valence-corrected chi connectivity index (χ1v) is 8.13. The summed E-state index contributed by atoms with van der Waals surface area (Å²) in [4.78, 5) is 11.3. The largest absolute Gasteiger partial charge is 0.370 e. The summed E-state index contributed by atoms with van der Waals surface area (Å²) in [7, 11) is 2.19. The molecule has 5 nitrogen and oxygen atoms in total. The van der Waals surface area contributed by atoms with Crippen LogP contribution in [0.15, 0.2) is 6.33 Å². The maximum atomic E-state index is 4.47. The van der Waals surface area contributed by atoms with Gasteiger partial charge >= 0.3 is 0 Å². The molecule has 0 bridgehead atoms. The van der Waals surface area contributed by atoms with E-state index < -0.39 is 0 Å². The van der Waals surface area contributed by atoms with Crippen LogP contribution in [0.1, 0.15) is 45.1 Å². The highest BCUT2D eigenvalue weighted by Gasteiger charge is 2.20. The summed E-state index contributed by atoms with van der Waals surface area (Å²) in [5, 5.41) is 6.98. The quantitative estimate of drug-likeness (QED) is 0.809. The number of nitrogens with one attached hydrogen (secondary N) is 2. The van der Waals surface area contributed by atoms with Gasteiger partial charge in [-0.15, -0.1) is 0 Å². The summed E-state index contributed by atoms with van der Waals surface area (Å²) >= 11 is 0. The van der Waals surface area contributed by atoms with Gasteiger partial charge in [-0.1, -0.05) is 20.8 Å². The normalized spacial score (nSPS) is 19.2. The smallest absolute Gasteiger partial charge is 0.134 e. The average molecular weight is 291 g/mol. The Hall–Kier alpha value is -1.36. The molecule has 1 saturated heterocycles. The molecule has 2 heterocycles. The van der Waals surface area contributed by atoms with Crippen molar-refractivity contribution in [3.63, 3.8) is 0 Å². The number of nitrogens with zero attached hydrogens (tertiary/aromatic N) is 3. The molecule has 5 heteroatoms. The lowest BCUT2D eigenvalue weighted by atomic mass is 10.0. The summed E-state index contributed by atoms with van der Waals surface area (Å²) in [6.45, 7) is 10.9. The van der Waals surface area contributed by atoms with Gasteiger partial charge < -0.3 is 15.5 Å². The lowest BCUT2D eigenvalue weighted by Crippen LogP contribution is -2.20. The van der Waals surface area contributed by atoms with Crippen LogP contribution in [0.4, 0.5) is 11.6 Å². The fourth-order valence-corrected chi connectivity index (χ4v) is 2.90. The van der Waals surface area contributed by atoms with Crippen LogP contribution in [0.5, 0.6) is 0 Å². The molecule has 0 radical (unpaired) electrons. The van der Waals surface area contributed by atoms with E-state index in [1.807, 2.05) is 0 Å². The van der Waals surface area contributed by atoms with Crippen molar-refractivity contribution in [3.8, 4) is 0 Å². The average Bonchev–Trinajstić information content (AvgIpc) is 2.88. The van der Waals surface area contributed by atoms with E-state index in [1.165, 1.54) is 25.1 Å². The fourth-order valence-electron chi connectivity index (χ4n) is 2.90. The minimum absolute atomic E-state index is 0.402. The molecular formula is C16H29N5. The van der Waals surface area contributed by atoms with E-state index in [0.29, 0.717) is 5.92 Å². The van der Waals surface area contributed by atoms with Crippen molar-refractivity contribution in [2.45, 2.75) is 39.5 Å². The van der Waals surface area contributed by atoms with E-state index in [1.54, 1.807) is 6.33 Å². The Morgan fingerprint density at radius 2 is 2.00 bits per heavy atom. The first-order chi connectivity index (χ1) is 10.1. The van der Waals surface area contributed by atoms with Crippen LogP contribution >= 0.6 is 0 Å². The van der Waals surface area contributed by atoms with E-state index in [0.717, 1.165) is 37.1 Å². The van der Waals surface area contributed by atoms with Crippen molar-refractivity contribution in [2.75, 3.05) is 43.9 Å². The molecule has 1 aromatic heterocycles. The lowest BCUT2D eigenvalue weighted by molar-refractivity contribution is 0.399. The number of anilines is 2. The van der Waals surface area contributed by atoms with Crippen molar-refractivity contribution >= 4 is 11.6 Å². The summed E-state index contributed by atoms with van der Waals surface area (Å²) in [5.74, 6) is 3.09. The maximum Gasteiger partial charge on any atom is 0.134 e. The molecule has 1 aliphatic heterocycles. The second-order valence-electron chi connectivity index (χ2n) is 6.36. The molecule has 2 rings (SSSR count). The third kappa shape index (κ3) is 4.30. The fraction of sp³-hybridized carbons (Fsp3) is 0.750. The highest BCUT2D eigenvalue weighted by Crippen LogP contribution is 2.28. The van der Waals surface area contributed by atoms with E-state index in [-0.39, 0.29) is 0 Å². The van der Waals surface area contributed by atoms with E-state index in [4.69, 9.17) is 0 Å². The number of hydrogen-bond acceptors (Lipinski definition) is 5. The van der Waals surface area contributed by atoms with Gasteiger partial charge in [0.2, 0.25) is 0 Å². The predicted octanol–water partition coefficient (Wildman–Crippen LogP) is 2.79. The molecule has 2 N–H and O–H groups in total. The van der Waals surface area contributed by atoms with Gasteiger partial charge in [-0.05, 0) is 38.3 Å². The van der Waals surface area contributed by atoms with Crippen LogP contribution in [0, 0.1) is 5.92 Å². The van der Waals surface area contributed by atoms with Gasteiger partial charge in [0.05, 0.1) is 0 Å². The van der Waals surface area contributed by atoms with E-state index in [2.05, 4.69) is 53.3 Å². The molecular weight excluding hydrogens is 262 g/mol. The predicted molar refractivity (Wildman–Crippen MR) is 89.0 cm³/mol. The summed E-state index contributed by atoms with van der Waals surface area (Å²) < 4.78 is 0. The lowest BCUT2D eigenvalue weighted by Gasteiger charge is -2.19. The van der Waals surface area contributed by atoms with Crippen LogP contribution in [0.3, 0.4) is 0 Å². The van der Waals surface area contributed by atoms with Crippen LogP contribution in [-0.2, 0) is 0 Å². The SMILES string of the molecule is CCCNc1ncnc(NCC2CCN(C)C2)c1C(C)C. The van der Waals surface area contributed by atoms with Crippen LogP contribution < -0.4 is 10.6 Å².